The molecule has 0 aromatic heterocycles. The van der Waals surface area contributed by atoms with E-state index in [1.165, 1.54) is 0 Å². The molecule has 74 heavy (non-hydrogen) atoms. The van der Waals surface area contributed by atoms with E-state index in [-0.39, 0.29) is 38.9 Å². The van der Waals surface area contributed by atoms with E-state index in [1.807, 2.05) is 0 Å². The van der Waals surface area contributed by atoms with Crippen molar-refractivity contribution in [2.45, 2.75) is 221 Å². The predicted octanol–water partition coefficient (Wildman–Crippen LogP) is -15.2. The van der Waals surface area contributed by atoms with Crippen LogP contribution >= 0.6 is 0 Å². The molecule has 34 N–H and O–H groups in total. The molecular weight excluding hydrogens is 999 g/mol. The number of nitrogens with two attached hydrogens (primary N) is 11. The molecular formula is C41H83N11O22. The Hall–Kier alpha value is -1.32. The summed E-state index contributed by atoms with van der Waals surface area (Å²) in [6.07, 6.45) is -30.5. The Labute approximate surface area is 425 Å². The van der Waals surface area contributed by atoms with Crippen LogP contribution in [0.15, 0.2) is 0 Å². The van der Waals surface area contributed by atoms with Crippen molar-refractivity contribution >= 4 is 0 Å². The summed E-state index contributed by atoms with van der Waals surface area (Å²) in [5, 5.41) is 124. The lowest BCUT2D eigenvalue weighted by atomic mass is 9.84. The van der Waals surface area contributed by atoms with E-state index in [1.54, 1.807) is 0 Å². The fraction of sp³-hybridized carbons (Fsp3) is 1.00. The molecule has 0 spiro atoms. The SMILES string of the molecule is NC[C@@H]1O[C@H](O[C@H]2[C@@H](O)[C@H](O[C@@H]3[C@@H](O)[C@H](N)C[C@H](N)[C@H]3O[C@H]3O[C@H](CN)[C@@H](O)[C@H](O)[C@H]3N)O[C@@H]2CO)[C@H](N)[C@@H](O)[C@@H]1O.NC[C@H]1O[C@H](O[C@H]2[C@H](O)[C@@H](O[C@H]3O[C@H](CO)[C@@H](O)[C@H](N)[C@H]3O)[C@H](N)C[C@@H]2N)[C@H](N)C[C@@H]1O. The molecule has 5 saturated heterocycles. The Morgan fingerprint density at radius 1 is 0.311 bits per heavy atom. The number of aliphatic hydroxyl groups is 12. The average molecular weight is 1080 g/mol. The lowest BCUT2D eigenvalue weighted by Gasteiger charge is -2.47. The van der Waals surface area contributed by atoms with Gasteiger partial charge in [0.25, 0.3) is 0 Å². The van der Waals surface area contributed by atoms with Gasteiger partial charge in [-0.05, 0) is 19.3 Å². The Balaban J connectivity index is 0.000000250. The van der Waals surface area contributed by atoms with Crippen molar-refractivity contribution in [2.75, 3.05) is 32.8 Å². The summed E-state index contributed by atoms with van der Waals surface area (Å²) in [4.78, 5) is 0. The third kappa shape index (κ3) is 13.3. The van der Waals surface area contributed by atoms with Crippen molar-refractivity contribution in [3.05, 3.63) is 0 Å². The minimum absolute atomic E-state index is 0.0542. The highest BCUT2D eigenvalue weighted by atomic mass is 16.8. The lowest BCUT2D eigenvalue weighted by molar-refractivity contribution is -0.314. The zero-order valence-electron chi connectivity index (χ0n) is 40.5. The van der Waals surface area contributed by atoms with E-state index in [0.29, 0.717) is 0 Å². The second kappa shape index (κ2) is 26.8. The zero-order valence-corrected chi connectivity index (χ0v) is 40.5. The van der Waals surface area contributed by atoms with Gasteiger partial charge >= 0.3 is 0 Å². The minimum Gasteiger partial charge on any atom is -0.394 e. The first kappa shape index (κ1) is 61.9. The molecule has 434 valence electrons. The molecule has 0 unspecified atom stereocenters. The molecule has 7 rings (SSSR count). The fourth-order valence-electron chi connectivity index (χ4n) is 10.2. The van der Waals surface area contributed by atoms with Gasteiger partial charge in [0.15, 0.2) is 31.5 Å². The van der Waals surface area contributed by atoms with Gasteiger partial charge in [0, 0.05) is 43.8 Å². The van der Waals surface area contributed by atoms with Crippen LogP contribution in [-0.2, 0) is 47.4 Å². The van der Waals surface area contributed by atoms with Gasteiger partial charge in [-0.2, -0.15) is 0 Å². The monoisotopic (exact) mass is 1080 g/mol. The van der Waals surface area contributed by atoms with Crippen molar-refractivity contribution in [1.82, 2.24) is 0 Å². The third-order valence-electron chi connectivity index (χ3n) is 14.8. The molecule has 5 aliphatic heterocycles. The van der Waals surface area contributed by atoms with E-state index in [2.05, 4.69) is 0 Å². The standard InChI is InChI=1S/C23H46N6O13.C18H37N5O9/c24-2-7-13(32)15(34)10(28)21(37-7)40-18-6(27)1-5(26)12(31)20(18)42-23-17(36)19(9(4-30)39-23)41-22-11(29)16(35)14(33)8(3-25)38-22;19-3-9-8(25)2-7(22)17(29-9)31-15-5(20)1-6(21)16(14(15)28)32-18-13(27)11(23)12(26)10(4-24)30-18/h5-23,30-36H,1-4,24-29H2;5-18,24-28H,1-4,19-23H2/t5-,6+,7-,8+,9-,10-,11-,12+,13-,14-,15-,16-,17-,18-,19-,20-,21-,22-,23+;5-,6+,7+,8-,9+,10+,11-,12+,13+,14-,15+,16-,17+,18+/m10/s1. The summed E-state index contributed by atoms with van der Waals surface area (Å²) in [6.45, 7) is -1.47. The molecule has 0 radical (unpaired) electrons. The first-order valence-corrected chi connectivity index (χ1v) is 24.6. The second-order valence-corrected chi connectivity index (χ2v) is 20.0. The molecule has 33 nitrogen and oxygen atoms in total. The van der Waals surface area contributed by atoms with Gasteiger partial charge in [0.2, 0.25) is 0 Å². The van der Waals surface area contributed by atoms with Crippen molar-refractivity contribution < 1.29 is 109 Å². The molecule has 0 amide bonds. The summed E-state index contributed by atoms with van der Waals surface area (Å²) in [5.74, 6) is 0. The van der Waals surface area contributed by atoms with Crippen LogP contribution in [0.2, 0.25) is 0 Å². The van der Waals surface area contributed by atoms with E-state index in [0.717, 1.165) is 0 Å². The maximum absolute atomic E-state index is 11.1. The van der Waals surface area contributed by atoms with Gasteiger partial charge in [0.1, 0.15) is 104 Å². The van der Waals surface area contributed by atoms with Crippen LogP contribution in [0.3, 0.4) is 0 Å². The highest BCUT2D eigenvalue weighted by Crippen LogP contribution is 2.35. The summed E-state index contributed by atoms with van der Waals surface area (Å²) in [5.41, 5.74) is 65.4. The molecule has 33 heteroatoms. The van der Waals surface area contributed by atoms with Crippen molar-refractivity contribution in [3.63, 3.8) is 0 Å². The Morgan fingerprint density at radius 2 is 0.716 bits per heavy atom. The predicted molar refractivity (Wildman–Crippen MR) is 247 cm³/mol. The summed E-state index contributed by atoms with van der Waals surface area (Å²) >= 11 is 0. The van der Waals surface area contributed by atoms with Gasteiger partial charge in [-0.1, -0.05) is 0 Å². The largest absolute Gasteiger partial charge is 0.394 e. The molecule has 0 aromatic carbocycles. The number of hydrogen-bond acceptors (Lipinski definition) is 33. The van der Waals surface area contributed by atoms with Crippen LogP contribution in [0.5, 0.6) is 0 Å². The van der Waals surface area contributed by atoms with Gasteiger partial charge in [-0.3, -0.25) is 0 Å². The molecule has 2 saturated carbocycles. The first-order chi connectivity index (χ1) is 34.9. The van der Waals surface area contributed by atoms with Crippen LogP contribution in [0.1, 0.15) is 19.3 Å². The van der Waals surface area contributed by atoms with Crippen LogP contribution in [-0.4, -0.2) is 296 Å². The third-order valence-corrected chi connectivity index (χ3v) is 14.8. The molecule has 7 aliphatic rings. The molecule has 5 heterocycles. The van der Waals surface area contributed by atoms with Crippen molar-refractivity contribution in [1.29, 1.82) is 0 Å². The number of ether oxygens (including phenoxy) is 10. The minimum atomic E-state index is -1.60. The topological polar surface area (TPSA) is 621 Å². The van der Waals surface area contributed by atoms with Crippen LogP contribution in [0.4, 0.5) is 0 Å². The smallest absolute Gasteiger partial charge is 0.187 e. The summed E-state index contributed by atoms with van der Waals surface area (Å²) in [6, 6.07) is -7.45. The zero-order chi connectivity index (χ0) is 54.8. The van der Waals surface area contributed by atoms with E-state index >= 15 is 0 Å². The van der Waals surface area contributed by atoms with Gasteiger partial charge in [-0.15, -0.1) is 0 Å². The highest BCUT2D eigenvalue weighted by molar-refractivity contribution is 5.04. The van der Waals surface area contributed by atoms with Gasteiger partial charge in [-0.25, -0.2) is 0 Å². The first-order valence-electron chi connectivity index (χ1n) is 24.6. The lowest BCUT2D eigenvalue weighted by Crippen LogP contribution is -2.68. The summed E-state index contributed by atoms with van der Waals surface area (Å²) in [7, 11) is 0. The van der Waals surface area contributed by atoms with E-state index in [9.17, 15) is 61.3 Å². The van der Waals surface area contributed by atoms with Crippen molar-refractivity contribution in [3.8, 4) is 0 Å². The number of hydrogen-bond donors (Lipinski definition) is 23. The highest BCUT2D eigenvalue weighted by Gasteiger charge is 2.55. The summed E-state index contributed by atoms with van der Waals surface area (Å²) < 4.78 is 57.4. The number of aliphatic hydroxyl groups excluding tert-OH is 12. The maximum Gasteiger partial charge on any atom is 0.187 e. The van der Waals surface area contributed by atoms with Crippen LogP contribution in [0, 0.1) is 0 Å². The Kier molecular flexibility index (Phi) is 22.4. The van der Waals surface area contributed by atoms with E-state index in [4.69, 9.17) is 110 Å². The fourth-order valence-corrected chi connectivity index (χ4v) is 10.2. The molecule has 0 bridgehead atoms. The van der Waals surface area contributed by atoms with Crippen LogP contribution in [0.25, 0.3) is 0 Å². The Bertz CT molecular complexity index is 1710. The second-order valence-electron chi connectivity index (χ2n) is 20.0. The molecule has 0 aromatic rings. The Morgan fingerprint density at radius 3 is 1.23 bits per heavy atom. The maximum atomic E-state index is 11.1. The normalized spacial score (nSPS) is 53.3. The van der Waals surface area contributed by atoms with E-state index < -0.39 is 215 Å². The van der Waals surface area contributed by atoms with Gasteiger partial charge in [0.05, 0.1) is 55.7 Å². The quantitative estimate of drug-likeness (QED) is 0.0724. The molecule has 33 atom stereocenters. The van der Waals surface area contributed by atoms with Gasteiger partial charge < -0.3 is 172 Å². The molecule has 2 aliphatic carbocycles. The van der Waals surface area contributed by atoms with Crippen LogP contribution < -0.4 is 63.1 Å². The molecule has 7 fully saturated rings. The van der Waals surface area contributed by atoms with Crippen molar-refractivity contribution in [2.24, 2.45) is 63.1 Å². The number of rotatable bonds is 15. The average Bonchev–Trinajstić information content (AvgIpc) is 3.67.